The summed E-state index contributed by atoms with van der Waals surface area (Å²) in [7, 11) is 1.57. The van der Waals surface area contributed by atoms with Gasteiger partial charge in [-0.15, -0.1) is 0 Å². The van der Waals surface area contributed by atoms with Gasteiger partial charge in [0.15, 0.2) is 11.5 Å². The molecule has 3 rings (SSSR count). The van der Waals surface area contributed by atoms with Crippen LogP contribution in [0.5, 0.6) is 17.2 Å². The number of hydrogen-bond donors (Lipinski definition) is 2. The fraction of sp³-hybridized carbons (Fsp3) is 0.222. The van der Waals surface area contributed by atoms with Crippen molar-refractivity contribution in [3.8, 4) is 17.2 Å². The third kappa shape index (κ3) is 4.20. The maximum atomic E-state index is 12.0. The summed E-state index contributed by atoms with van der Waals surface area (Å²) in [5.41, 5.74) is 1.30. The molecule has 2 amide bonds. The maximum absolute atomic E-state index is 12.0. The smallest absolute Gasteiger partial charge is 0.313 e. The van der Waals surface area contributed by atoms with Crippen LogP contribution in [0, 0.1) is 0 Å². The summed E-state index contributed by atoms with van der Waals surface area (Å²) >= 11 is 0. The van der Waals surface area contributed by atoms with Crippen molar-refractivity contribution in [3.05, 3.63) is 48.0 Å². The van der Waals surface area contributed by atoms with Gasteiger partial charge in [0.1, 0.15) is 19.0 Å². The summed E-state index contributed by atoms with van der Waals surface area (Å²) in [6.07, 6.45) is 0. The van der Waals surface area contributed by atoms with E-state index in [9.17, 15) is 9.59 Å². The monoisotopic (exact) mass is 342 g/mol. The maximum Gasteiger partial charge on any atom is 0.313 e. The Morgan fingerprint density at radius 1 is 1.04 bits per heavy atom. The lowest BCUT2D eigenvalue weighted by atomic mass is 10.2. The average molecular weight is 342 g/mol. The van der Waals surface area contributed by atoms with Crippen LogP contribution in [-0.4, -0.2) is 32.1 Å². The molecule has 130 valence electrons. The van der Waals surface area contributed by atoms with E-state index in [0.29, 0.717) is 36.1 Å². The van der Waals surface area contributed by atoms with Crippen LogP contribution in [0.2, 0.25) is 0 Å². The van der Waals surface area contributed by atoms with Crippen LogP contribution in [0.4, 0.5) is 5.69 Å². The summed E-state index contributed by atoms with van der Waals surface area (Å²) in [5.74, 6) is 0.373. The van der Waals surface area contributed by atoms with Crippen molar-refractivity contribution in [2.75, 3.05) is 25.6 Å². The lowest BCUT2D eigenvalue weighted by Crippen LogP contribution is -2.35. The number of rotatable bonds is 4. The molecule has 0 aromatic heterocycles. The van der Waals surface area contributed by atoms with Gasteiger partial charge in [0, 0.05) is 18.3 Å². The van der Waals surface area contributed by atoms with E-state index in [1.54, 1.807) is 37.4 Å². The van der Waals surface area contributed by atoms with Crippen LogP contribution in [0.15, 0.2) is 42.5 Å². The van der Waals surface area contributed by atoms with Crippen molar-refractivity contribution in [3.63, 3.8) is 0 Å². The van der Waals surface area contributed by atoms with E-state index in [1.165, 1.54) is 0 Å². The molecule has 0 saturated carbocycles. The SMILES string of the molecule is COc1cccc(CNC(=O)C(=O)Nc2ccc3c(c2)OCCO3)c1. The van der Waals surface area contributed by atoms with Crippen LogP contribution in [0.25, 0.3) is 0 Å². The summed E-state index contributed by atoms with van der Waals surface area (Å²) in [6, 6.07) is 12.2. The number of fused-ring (bicyclic) bond motifs is 1. The number of ether oxygens (including phenoxy) is 3. The highest BCUT2D eigenvalue weighted by atomic mass is 16.6. The first-order chi connectivity index (χ1) is 12.2. The van der Waals surface area contributed by atoms with Crippen molar-refractivity contribution in [1.82, 2.24) is 5.32 Å². The van der Waals surface area contributed by atoms with Crippen molar-refractivity contribution in [2.45, 2.75) is 6.54 Å². The molecule has 0 bridgehead atoms. The number of benzene rings is 2. The van der Waals surface area contributed by atoms with E-state index in [1.807, 2.05) is 12.1 Å². The molecule has 0 atom stereocenters. The standard InChI is InChI=1S/C18H18N2O5/c1-23-14-4-2-3-12(9-14)11-19-17(21)18(22)20-13-5-6-15-16(10-13)25-8-7-24-15/h2-6,9-10H,7-8,11H2,1H3,(H,19,21)(H,20,22). The molecule has 0 fully saturated rings. The summed E-state index contributed by atoms with van der Waals surface area (Å²) < 4.78 is 16.0. The fourth-order valence-corrected chi connectivity index (χ4v) is 2.35. The first kappa shape index (κ1) is 16.6. The molecule has 1 aliphatic rings. The molecule has 2 N–H and O–H groups in total. The second kappa shape index (κ2) is 7.57. The van der Waals surface area contributed by atoms with Gasteiger partial charge in [-0.3, -0.25) is 9.59 Å². The molecule has 25 heavy (non-hydrogen) atoms. The Morgan fingerprint density at radius 2 is 1.84 bits per heavy atom. The molecule has 0 radical (unpaired) electrons. The molecule has 7 nitrogen and oxygen atoms in total. The van der Waals surface area contributed by atoms with Crippen LogP contribution < -0.4 is 24.8 Å². The van der Waals surface area contributed by atoms with Crippen molar-refractivity contribution >= 4 is 17.5 Å². The molecule has 7 heteroatoms. The van der Waals surface area contributed by atoms with E-state index in [4.69, 9.17) is 14.2 Å². The zero-order chi connectivity index (χ0) is 17.6. The van der Waals surface area contributed by atoms with Gasteiger partial charge in [0.25, 0.3) is 0 Å². The van der Waals surface area contributed by atoms with Gasteiger partial charge in [-0.25, -0.2) is 0 Å². The van der Waals surface area contributed by atoms with E-state index < -0.39 is 11.8 Å². The molecule has 0 saturated heterocycles. The predicted molar refractivity (Wildman–Crippen MR) is 90.9 cm³/mol. The zero-order valence-electron chi connectivity index (χ0n) is 13.7. The van der Waals surface area contributed by atoms with Crippen LogP contribution in [0.3, 0.4) is 0 Å². The van der Waals surface area contributed by atoms with Gasteiger partial charge in [0.2, 0.25) is 0 Å². The fourth-order valence-electron chi connectivity index (χ4n) is 2.35. The van der Waals surface area contributed by atoms with E-state index in [-0.39, 0.29) is 6.54 Å². The molecule has 0 spiro atoms. The number of carbonyl (C=O) groups excluding carboxylic acids is 2. The largest absolute Gasteiger partial charge is 0.497 e. The van der Waals surface area contributed by atoms with E-state index in [0.717, 1.165) is 5.56 Å². The van der Waals surface area contributed by atoms with Crippen LogP contribution >= 0.6 is 0 Å². The van der Waals surface area contributed by atoms with E-state index >= 15 is 0 Å². The molecular weight excluding hydrogens is 324 g/mol. The number of hydrogen-bond acceptors (Lipinski definition) is 5. The highest BCUT2D eigenvalue weighted by Crippen LogP contribution is 2.32. The Labute approximate surface area is 144 Å². The Kier molecular flexibility index (Phi) is 5.03. The third-order valence-electron chi connectivity index (χ3n) is 3.59. The number of amides is 2. The van der Waals surface area contributed by atoms with E-state index in [2.05, 4.69) is 10.6 Å². The topological polar surface area (TPSA) is 85.9 Å². The van der Waals surface area contributed by atoms with Crippen molar-refractivity contribution < 1.29 is 23.8 Å². The van der Waals surface area contributed by atoms with Gasteiger partial charge in [-0.2, -0.15) is 0 Å². The minimum Gasteiger partial charge on any atom is -0.497 e. The number of carbonyl (C=O) groups is 2. The molecule has 2 aromatic carbocycles. The first-order valence-electron chi connectivity index (χ1n) is 7.77. The van der Waals surface area contributed by atoms with Gasteiger partial charge in [-0.1, -0.05) is 12.1 Å². The minimum atomic E-state index is -0.750. The summed E-state index contributed by atoms with van der Waals surface area (Å²) in [6.45, 7) is 1.17. The zero-order valence-corrected chi connectivity index (χ0v) is 13.7. The first-order valence-corrected chi connectivity index (χ1v) is 7.77. The normalized spacial score (nSPS) is 12.2. The number of nitrogens with one attached hydrogen (secondary N) is 2. The van der Waals surface area contributed by atoms with Gasteiger partial charge < -0.3 is 24.8 Å². The predicted octanol–water partition coefficient (Wildman–Crippen LogP) is 1.72. The number of methoxy groups -OCH3 is 1. The Hall–Kier alpha value is -3.22. The third-order valence-corrected chi connectivity index (χ3v) is 3.59. The van der Waals surface area contributed by atoms with Crippen LogP contribution in [-0.2, 0) is 16.1 Å². The van der Waals surface area contributed by atoms with Gasteiger partial charge in [-0.05, 0) is 29.8 Å². The van der Waals surface area contributed by atoms with Gasteiger partial charge >= 0.3 is 11.8 Å². The Bertz CT molecular complexity index is 791. The average Bonchev–Trinajstić information content (AvgIpc) is 2.66. The summed E-state index contributed by atoms with van der Waals surface area (Å²) in [4.78, 5) is 24.0. The quantitative estimate of drug-likeness (QED) is 0.827. The Morgan fingerprint density at radius 3 is 2.64 bits per heavy atom. The molecule has 0 unspecified atom stereocenters. The van der Waals surface area contributed by atoms with Gasteiger partial charge in [0.05, 0.1) is 7.11 Å². The molecule has 2 aromatic rings. The highest BCUT2D eigenvalue weighted by Gasteiger charge is 2.16. The molecule has 1 aliphatic heterocycles. The van der Waals surface area contributed by atoms with Crippen LogP contribution in [0.1, 0.15) is 5.56 Å². The number of anilines is 1. The second-order valence-electron chi connectivity index (χ2n) is 5.35. The van der Waals surface area contributed by atoms with Crippen molar-refractivity contribution in [1.29, 1.82) is 0 Å². The molecule has 1 heterocycles. The highest BCUT2D eigenvalue weighted by molar-refractivity contribution is 6.39. The Balaban J connectivity index is 1.56. The van der Waals surface area contributed by atoms with Crippen molar-refractivity contribution in [2.24, 2.45) is 0 Å². The lowest BCUT2D eigenvalue weighted by molar-refractivity contribution is -0.136. The summed E-state index contributed by atoms with van der Waals surface area (Å²) in [5, 5.41) is 5.11. The lowest BCUT2D eigenvalue weighted by Gasteiger charge is -2.18. The molecule has 0 aliphatic carbocycles. The molecular formula is C18H18N2O5. The second-order valence-corrected chi connectivity index (χ2v) is 5.35. The minimum absolute atomic E-state index is 0.227.